The maximum absolute atomic E-state index is 14.7. The van der Waals surface area contributed by atoms with E-state index in [4.69, 9.17) is 4.74 Å². The van der Waals surface area contributed by atoms with Crippen LogP contribution in [0.25, 0.3) is 5.76 Å². The van der Waals surface area contributed by atoms with Gasteiger partial charge in [-0.3, -0.25) is 9.59 Å². The third-order valence-corrected chi connectivity index (χ3v) is 5.11. The van der Waals surface area contributed by atoms with E-state index in [1.807, 2.05) is 19.0 Å². The van der Waals surface area contributed by atoms with Crippen LogP contribution in [0.15, 0.2) is 54.1 Å². The molecule has 0 spiro atoms. The summed E-state index contributed by atoms with van der Waals surface area (Å²) in [7, 11) is 5.34. The largest absolute Gasteiger partial charge is 0.507 e. The van der Waals surface area contributed by atoms with Gasteiger partial charge < -0.3 is 19.6 Å². The van der Waals surface area contributed by atoms with Gasteiger partial charge >= 0.3 is 0 Å². The summed E-state index contributed by atoms with van der Waals surface area (Å²) >= 11 is 0. The Morgan fingerprint density at radius 2 is 1.80 bits per heavy atom. The Hall–Kier alpha value is -3.19. The van der Waals surface area contributed by atoms with E-state index >= 15 is 0 Å². The van der Waals surface area contributed by atoms with Gasteiger partial charge in [0.25, 0.3) is 11.7 Å². The van der Waals surface area contributed by atoms with E-state index in [0.717, 1.165) is 0 Å². The molecule has 30 heavy (non-hydrogen) atoms. The van der Waals surface area contributed by atoms with Gasteiger partial charge in [-0.15, -0.1) is 0 Å². The molecule has 1 atom stereocenters. The number of ether oxygens (including phenoxy) is 1. The molecule has 0 radical (unpaired) electrons. The van der Waals surface area contributed by atoms with Crippen LogP contribution in [0.4, 0.5) is 4.39 Å². The summed E-state index contributed by atoms with van der Waals surface area (Å²) in [5.41, 5.74) is 0.417. The van der Waals surface area contributed by atoms with Crippen molar-refractivity contribution in [1.82, 2.24) is 9.80 Å². The number of nitrogens with zero attached hydrogens (tertiary/aromatic N) is 2. The third kappa shape index (κ3) is 4.21. The monoisotopic (exact) mass is 412 g/mol. The molecule has 1 aliphatic rings. The second-order valence-corrected chi connectivity index (χ2v) is 7.40. The number of aliphatic hydroxyl groups is 1. The fraction of sp³-hybridized carbons (Fsp3) is 0.304. The lowest BCUT2D eigenvalue weighted by molar-refractivity contribution is -0.140. The van der Waals surface area contributed by atoms with Crippen molar-refractivity contribution in [3.63, 3.8) is 0 Å². The highest BCUT2D eigenvalue weighted by Gasteiger charge is 2.46. The van der Waals surface area contributed by atoms with Gasteiger partial charge in [-0.25, -0.2) is 4.39 Å². The summed E-state index contributed by atoms with van der Waals surface area (Å²) in [4.78, 5) is 29.0. The lowest BCUT2D eigenvalue weighted by atomic mass is 9.95. The van der Waals surface area contributed by atoms with E-state index in [2.05, 4.69) is 0 Å². The van der Waals surface area contributed by atoms with Gasteiger partial charge in [-0.05, 0) is 57.4 Å². The van der Waals surface area contributed by atoms with Crippen LogP contribution in [-0.4, -0.2) is 60.9 Å². The van der Waals surface area contributed by atoms with Gasteiger partial charge in [-0.2, -0.15) is 0 Å². The summed E-state index contributed by atoms with van der Waals surface area (Å²) in [5.74, 6) is -1.85. The van der Waals surface area contributed by atoms with E-state index in [1.54, 1.807) is 36.4 Å². The number of hydrogen-bond acceptors (Lipinski definition) is 5. The molecular formula is C23H25FN2O4. The highest BCUT2D eigenvalue weighted by molar-refractivity contribution is 6.46. The molecule has 1 heterocycles. The summed E-state index contributed by atoms with van der Waals surface area (Å²) in [6.07, 6.45) is 0.605. The molecule has 1 N–H and O–H groups in total. The Kier molecular flexibility index (Phi) is 6.52. The van der Waals surface area contributed by atoms with Crippen molar-refractivity contribution in [2.75, 3.05) is 34.3 Å². The van der Waals surface area contributed by atoms with Gasteiger partial charge in [0.05, 0.1) is 18.7 Å². The van der Waals surface area contributed by atoms with E-state index in [-0.39, 0.29) is 23.4 Å². The van der Waals surface area contributed by atoms with Gasteiger partial charge in [0.15, 0.2) is 0 Å². The van der Waals surface area contributed by atoms with E-state index in [0.29, 0.717) is 24.3 Å². The van der Waals surface area contributed by atoms with Crippen molar-refractivity contribution in [3.8, 4) is 5.75 Å². The number of methoxy groups -OCH3 is 1. The second-order valence-electron chi connectivity index (χ2n) is 7.40. The molecule has 0 aromatic heterocycles. The minimum atomic E-state index is -0.990. The molecule has 1 aliphatic heterocycles. The summed E-state index contributed by atoms with van der Waals surface area (Å²) in [6, 6.07) is 11.5. The number of halogens is 1. The smallest absolute Gasteiger partial charge is 0.295 e. The van der Waals surface area contributed by atoms with Crippen molar-refractivity contribution >= 4 is 17.4 Å². The van der Waals surface area contributed by atoms with E-state index < -0.39 is 23.5 Å². The van der Waals surface area contributed by atoms with Crippen molar-refractivity contribution < 1.29 is 23.8 Å². The fourth-order valence-corrected chi connectivity index (χ4v) is 3.59. The molecule has 0 aliphatic carbocycles. The summed E-state index contributed by atoms with van der Waals surface area (Å²) in [5, 5.41) is 10.9. The van der Waals surface area contributed by atoms with Crippen LogP contribution in [0.1, 0.15) is 23.6 Å². The maximum Gasteiger partial charge on any atom is 0.295 e. The van der Waals surface area contributed by atoms with Crippen LogP contribution in [0.3, 0.4) is 0 Å². The molecule has 3 rings (SSSR count). The SMILES string of the molecule is COc1ccc(C(O)=C2C(=O)C(=O)N(CCCN(C)C)[C@@H]2c2ccccc2F)cc1. The average molecular weight is 412 g/mol. The molecule has 158 valence electrons. The predicted molar refractivity (Wildman–Crippen MR) is 112 cm³/mol. The number of rotatable bonds is 7. The zero-order chi connectivity index (χ0) is 21.8. The number of hydrogen-bond donors (Lipinski definition) is 1. The molecule has 2 aromatic rings. The molecule has 2 aromatic carbocycles. The lowest BCUT2D eigenvalue weighted by Gasteiger charge is -2.26. The number of benzene rings is 2. The average Bonchev–Trinajstić information content (AvgIpc) is 2.98. The van der Waals surface area contributed by atoms with Crippen LogP contribution in [0, 0.1) is 5.82 Å². The number of Topliss-reactive ketones (excluding diaryl/α,β-unsaturated/α-hetero) is 1. The quantitative estimate of drug-likeness (QED) is 0.430. The molecule has 1 fully saturated rings. The number of amides is 1. The molecule has 0 unspecified atom stereocenters. The topological polar surface area (TPSA) is 70.1 Å². The minimum Gasteiger partial charge on any atom is -0.507 e. The third-order valence-electron chi connectivity index (χ3n) is 5.11. The molecule has 1 amide bonds. The summed E-state index contributed by atoms with van der Waals surface area (Å²) < 4.78 is 19.8. The van der Waals surface area contributed by atoms with Gasteiger partial charge in [0, 0.05) is 17.7 Å². The molecule has 0 saturated carbocycles. The predicted octanol–water partition coefficient (Wildman–Crippen LogP) is 3.21. The van der Waals surface area contributed by atoms with Gasteiger partial charge in [-0.1, -0.05) is 18.2 Å². The Morgan fingerprint density at radius 3 is 2.40 bits per heavy atom. The van der Waals surface area contributed by atoms with Crippen LogP contribution in [0.5, 0.6) is 5.75 Å². The Balaban J connectivity index is 2.09. The highest BCUT2D eigenvalue weighted by atomic mass is 19.1. The van der Waals surface area contributed by atoms with Crippen LogP contribution in [0.2, 0.25) is 0 Å². The zero-order valence-electron chi connectivity index (χ0n) is 17.3. The molecular weight excluding hydrogens is 387 g/mol. The Bertz CT molecular complexity index is 969. The van der Waals surface area contributed by atoms with Gasteiger partial charge in [0.1, 0.15) is 17.3 Å². The van der Waals surface area contributed by atoms with E-state index in [1.165, 1.54) is 24.1 Å². The number of ketones is 1. The van der Waals surface area contributed by atoms with Crippen LogP contribution in [-0.2, 0) is 9.59 Å². The van der Waals surface area contributed by atoms with Crippen LogP contribution < -0.4 is 4.74 Å². The first kappa shape index (κ1) is 21.5. The molecule has 0 bridgehead atoms. The fourth-order valence-electron chi connectivity index (χ4n) is 3.59. The maximum atomic E-state index is 14.7. The van der Waals surface area contributed by atoms with Gasteiger partial charge in [0.2, 0.25) is 0 Å². The molecule has 1 saturated heterocycles. The van der Waals surface area contributed by atoms with Crippen molar-refractivity contribution in [1.29, 1.82) is 0 Å². The Labute approximate surface area is 175 Å². The first-order valence-electron chi connectivity index (χ1n) is 9.67. The van der Waals surface area contributed by atoms with Crippen molar-refractivity contribution in [3.05, 3.63) is 71.0 Å². The number of aliphatic hydroxyl groups excluding tert-OH is 1. The summed E-state index contributed by atoms with van der Waals surface area (Å²) in [6.45, 7) is 0.965. The molecule has 6 nitrogen and oxygen atoms in total. The van der Waals surface area contributed by atoms with E-state index in [9.17, 15) is 19.1 Å². The minimum absolute atomic E-state index is 0.111. The number of carbonyl (C=O) groups is 2. The first-order valence-corrected chi connectivity index (χ1v) is 9.67. The first-order chi connectivity index (χ1) is 14.3. The number of likely N-dealkylation sites (tertiary alicyclic amines) is 1. The second kappa shape index (κ2) is 9.09. The number of carbonyl (C=O) groups excluding carboxylic acids is 2. The Morgan fingerprint density at radius 1 is 1.13 bits per heavy atom. The molecule has 7 heteroatoms. The standard InChI is InChI=1S/C23H25FN2O4/c1-25(2)13-6-14-26-20(17-7-4-5-8-18(17)24)19(22(28)23(26)29)21(27)15-9-11-16(30-3)12-10-15/h4-5,7-12,20,27H,6,13-14H2,1-3H3/t20-/m1/s1. The highest BCUT2D eigenvalue weighted by Crippen LogP contribution is 2.40. The lowest BCUT2D eigenvalue weighted by Crippen LogP contribution is -2.32. The van der Waals surface area contributed by atoms with Crippen molar-refractivity contribution in [2.45, 2.75) is 12.5 Å². The zero-order valence-corrected chi connectivity index (χ0v) is 17.3. The normalized spacial score (nSPS) is 18.3. The van der Waals surface area contributed by atoms with Crippen molar-refractivity contribution in [2.24, 2.45) is 0 Å². The van der Waals surface area contributed by atoms with Crippen LogP contribution >= 0.6 is 0 Å².